The molecule has 5 nitrogen and oxygen atoms in total. The number of aromatic nitrogens is 2. The molecule has 1 heterocycles. The molecule has 0 saturated heterocycles. The molecule has 2 atom stereocenters. The van der Waals surface area contributed by atoms with E-state index in [4.69, 9.17) is 0 Å². The van der Waals surface area contributed by atoms with Crippen molar-refractivity contribution in [1.29, 1.82) is 0 Å². The number of ether oxygens (including phenoxy) is 1. The number of hydrogen-bond donors (Lipinski definition) is 0. The van der Waals surface area contributed by atoms with Gasteiger partial charge in [-0.1, -0.05) is 6.92 Å². The van der Waals surface area contributed by atoms with Gasteiger partial charge in [-0.15, -0.1) is 0 Å². The summed E-state index contributed by atoms with van der Waals surface area (Å²) >= 11 is 0. The molecule has 0 N–H and O–H groups in total. The maximum Gasteiger partial charge on any atom is 0.306 e. The lowest BCUT2D eigenvalue weighted by atomic mass is 10.3. The zero-order chi connectivity index (χ0) is 13.0. The summed E-state index contributed by atoms with van der Waals surface area (Å²) in [6.45, 7) is 3.68. The van der Waals surface area contributed by atoms with Gasteiger partial charge in [-0.05, 0) is 13.0 Å². The Morgan fingerprint density at radius 1 is 1.65 bits per heavy atom. The van der Waals surface area contributed by atoms with E-state index in [1.807, 2.05) is 20.0 Å². The van der Waals surface area contributed by atoms with E-state index in [9.17, 15) is 9.00 Å². The Balaban J connectivity index is 2.60. The van der Waals surface area contributed by atoms with Gasteiger partial charge in [0.25, 0.3) is 0 Å². The average Bonchev–Trinajstić information content (AvgIpc) is 2.57. The summed E-state index contributed by atoms with van der Waals surface area (Å²) in [5.41, 5.74) is 1.82. The third-order valence-corrected chi connectivity index (χ3v) is 4.16. The molecular weight excluding hydrogens is 240 g/mol. The van der Waals surface area contributed by atoms with Gasteiger partial charge in [-0.25, -0.2) is 0 Å². The van der Waals surface area contributed by atoms with Gasteiger partial charge in [0, 0.05) is 23.1 Å². The van der Waals surface area contributed by atoms with Crippen molar-refractivity contribution in [3.05, 3.63) is 17.5 Å². The quantitative estimate of drug-likeness (QED) is 0.737. The number of methoxy groups -OCH3 is 1. The Morgan fingerprint density at radius 3 is 2.76 bits per heavy atom. The van der Waals surface area contributed by atoms with Crippen molar-refractivity contribution >= 4 is 16.8 Å². The topological polar surface area (TPSA) is 61.2 Å². The molecule has 0 aliphatic heterocycles. The first-order valence-corrected chi connectivity index (χ1v) is 6.75. The van der Waals surface area contributed by atoms with Crippen molar-refractivity contribution in [3.63, 3.8) is 0 Å². The first-order chi connectivity index (χ1) is 7.93. The van der Waals surface area contributed by atoms with Crippen LogP contribution < -0.4 is 0 Å². The minimum atomic E-state index is -1.10. The highest BCUT2D eigenvalue weighted by atomic mass is 32.2. The van der Waals surface area contributed by atoms with E-state index in [2.05, 4.69) is 9.84 Å². The number of esters is 1. The number of aryl methyl sites for hydroxylation is 2. The van der Waals surface area contributed by atoms with Crippen LogP contribution in [0.25, 0.3) is 0 Å². The van der Waals surface area contributed by atoms with Crippen molar-refractivity contribution in [2.45, 2.75) is 31.3 Å². The third kappa shape index (κ3) is 3.96. The maximum atomic E-state index is 12.0. The monoisotopic (exact) mass is 258 g/mol. The molecular formula is C11H18N2O3S. The molecule has 0 aliphatic rings. The molecule has 0 aliphatic carbocycles. The van der Waals surface area contributed by atoms with Crippen LogP contribution in [0.2, 0.25) is 0 Å². The van der Waals surface area contributed by atoms with Crippen molar-refractivity contribution in [1.82, 2.24) is 9.78 Å². The molecule has 0 aromatic carbocycles. The smallest absolute Gasteiger partial charge is 0.306 e. The summed E-state index contributed by atoms with van der Waals surface area (Å²) in [7, 11) is 2.06. The number of carbonyl (C=O) groups excluding carboxylic acids is 1. The van der Waals surface area contributed by atoms with Gasteiger partial charge in [-0.3, -0.25) is 13.7 Å². The van der Waals surface area contributed by atoms with Gasteiger partial charge in [-0.2, -0.15) is 5.10 Å². The van der Waals surface area contributed by atoms with E-state index >= 15 is 0 Å². The van der Waals surface area contributed by atoms with E-state index < -0.39 is 10.8 Å². The molecule has 0 fully saturated rings. The SMILES string of the molecule is COC(=O)CC(C)S(=O)Cc1cc(C)nn1C. The van der Waals surface area contributed by atoms with Crippen molar-refractivity contribution in [2.24, 2.45) is 7.05 Å². The predicted octanol–water partition coefficient (Wildman–Crippen LogP) is 0.929. The number of rotatable bonds is 5. The largest absolute Gasteiger partial charge is 0.469 e. The van der Waals surface area contributed by atoms with E-state index in [-0.39, 0.29) is 17.6 Å². The Bertz CT molecular complexity index is 428. The van der Waals surface area contributed by atoms with Crippen LogP contribution in [0.3, 0.4) is 0 Å². The second-order valence-electron chi connectivity index (χ2n) is 4.02. The molecule has 0 bridgehead atoms. The van der Waals surface area contributed by atoms with Crippen LogP contribution in [0.15, 0.2) is 6.07 Å². The maximum absolute atomic E-state index is 12.0. The van der Waals surface area contributed by atoms with Crippen LogP contribution in [-0.2, 0) is 33.1 Å². The van der Waals surface area contributed by atoms with Crippen LogP contribution in [-0.4, -0.2) is 32.3 Å². The van der Waals surface area contributed by atoms with Crippen molar-refractivity contribution in [3.8, 4) is 0 Å². The molecule has 1 rings (SSSR count). The summed E-state index contributed by atoms with van der Waals surface area (Å²) in [6, 6.07) is 1.91. The normalized spacial score (nSPS) is 14.4. The zero-order valence-corrected chi connectivity index (χ0v) is 11.4. The number of carbonyl (C=O) groups is 1. The van der Waals surface area contributed by atoms with Crippen molar-refractivity contribution < 1.29 is 13.7 Å². The first kappa shape index (κ1) is 13.9. The molecule has 2 unspecified atom stereocenters. The Morgan fingerprint density at radius 2 is 2.29 bits per heavy atom. The minimum absolute atomic E-state index is 0.181. The van der Waals surface area contributed by atoms with Crippen molar-refractivity contribution in [2.75, 3.05) is 7.11 Å². The van der Waals surface area contributed by atoms with Crippen LogP contribution in [0.5, 0.6) is 0 Å². The minimum Gasteiger partial charge on any atom is -0.469 e. The second kappa shape index (κ2) is 5.95. The predicted molar refractivity (Wildman–Crippen MR) is 65.9 cm³/mol. The number of hydrogen-bond acceptors (Lipinski definition) is 4. The summed E-state index contributed by atoms with van der Waals surface area (Å²) in [6.07, 6.45) is 0.181. The van der Waals surface area contributed by atoms with Gasteiger partial charge in [0.2, 0.25) is 0 Å². The van der Waals surface area contributed by atoms with E-state index in [1.165, 1.54) is 7.11 Å². The van der Waals surface area contributed by atoms with Gasteiger partial charge >= 0.3 is 5.97 Å². The Kier molecular flexibility index (Phi) is 4.86. The van der Waals surface area contributed by atoms with E-state index in [1.54, 1.807) is 11.6 Å². The summed E-state index contributed by atoms with van der Waals surface area (Å²) < 4.78 is 18.3. The van der Waals surface area contributed by atoms with Crippen LogP contribution >= 0.6 is 0 Å². The molecule has 96 valence electrons. The van der Waals surface area contributed by atoms with E-state index in [0.717, 1.165) is 11.4 Å². The fraction of sp³-hybridized carbons (Fsp3) is 0.636. The molecule has 0 spiro atoms. The lowest BCUT2D eigenvalue weighted by molar-refractivity contribution is -0.140. The lowest BCUT2D eigenvalue weighted by Gasteiger charge is -2.09. The molecule has 17 heavy (non-hydrogen) atoms. The highest BCUT2D eigenvalue weighted by molar-refractivity contribution is 7.84. The highest BCUT2D eigenvalue weighted by Crippen LogP contribution is 2.11. The van der Waals surface area contributed by atoms with Crippen LogP contribution in [0, 0.1) is 6.92 Å². The highest BCUT2D eigenvalue weighted by Gasteiger charge is 2.17. The lowest BCUT2D eigenvalue weighted by Crippen LogP contribution is -2.19. The molecule has 6 heteroatoms. The summed E-state index contributed by atoms with van der Waals surface area (Å²) in [5.74, 6) is 0.0854. The van der Waals surface area contributed by atoms with Crippen LogP contribution in [0.1, 0.15) is 24.7 Å². The molecule has 1 aromatic rings. The zero-order valence-electron chi connectivity index (χ0n) is 10.6. The molecule has 0 saturated carbocycles. The average molecular weight is 258 g/mol. The van der Waals surface area contributed by atoms with Crippen LogP contribution in [0.4, 0.5) is 0 Å². The second-order valence-corrected chi connectivity index (χ2v) is 5.87. The van der Waals surface area contributed by atoms with Gasteiger partial charge in [0.1, 0.15) is 0 Å². The van der Waals surface area contributed by atoms with Gasteiger partial charge in [0.15, 0.2) is 0 Å². The fourth-order valence-electron chi connectivity index (χ4n) is 1.50. The standard InChI is InChI=1S/C11H18N2O3S/c1-8-5-10(13(3)12-8)7-17(15)9(2)6-11(14)16-4/h5,9H,6-7H2,1-4H3. The van der Waals surface area contributed by atoms with Gasteiger partial charge in [0.05, 0.1) is 30.7 Å². The molecule has 0 amide bonds. The summed E-state index contributed by atoms with van der Waals surface area (Å²) in [4.78, 5) is 11.1. The summed E-state index contributed by atoms with van der Waals surface area (Å²) in [5, 5.41) is 3.98. The third-order valence-electron chi connectivity index (χ3n) is 2.52. The first-order valence-electron chi connectivity index (χ1n) is 5.37. The van der Waals surface area contributed by atoms with E-state index in [0.29, 0.717) is 5.75 Å². The molecule has 0 radical (unpaired) electrons. The Hall–Kier alpha value is -1.17. The number of nitrogens with zero attached hydrogens (tertiary/aromatic N) is 2. The molecule has 1 aromatic heterocycles. The fourth-order valence-corrected chi connectivity index (χ4v) is 2.67. The van der Waals surface area contributed by atoms with Gasteiger partial charge < -0.3 is 4.74 Å². The Labute approximate surface area is 104 Å².